The molecule has 0 bridgehead atoms. The average Bonchev–Trinajstić information content (AvgIpc) is 3.58. The van der Waals surface area contributed by atoms with Gasteiger partial charge in [0.2, 0.25) is 5.91 Å². The third kappa shape index (κ3) is 6.06. The summed E-state index contributed by atoms with van der Waals surface area (Å²) in [6.45, 7) is 12.7. The van der Waals surface area contributed by atoms with Gasteiger partial charge in [-0.25, -0.2) is 4.39 Å². The van der Waals surface area contributed by atoms with Crippen LogP contribution in [-0.4, -0.2) is 34.0 Å². The first-order valence-electron chi connectivity index (χ1n) is 12.9. The van der Waals surface area contributed by atoms with Gasteiger partial charge < -0.3 is 21.8 Å². The molecule has 1 aromatic heterocycles. The van der Waals surface area contributed by atoms with Crippen molar-refractivity contribution in [3.05, 3.63) is 77.0 Å². The molecule has 2 aliphatic rings. The van der Waals surface area contributed by atoms with Gasteiger partial charge >= 0.3 is 0 Å². The number of halogens is 2. The van der Waals surface area contributed by atoms with E-state index in [0.717, 1.165) is 0 Å². The molecule has 210 valence electrons. The molecule has 9 nitrogen and oxygen atoms in total. The molecule has 11 heteroatoms. The number of nitrogens with zero attached hydrogens (tertiary/aromatic N) is 3. The Bertz CT molecular complexity index is 1480. The third-order valence-electron chi connectivity index (χ3n) is 6.80. The van der Waals surface area contributed by atoms with Crippen LogP contribution in [0.25, 0.3) is 10.9 Å². The van der Waals surface area contributed by atoms with Crippen LogP contribution in [0.3, 0.4) is 0 Å². The summed E-state index contributed by atoms with van der Waals surface area (Å²) in [4.78, 5) is 16.5. The first-order valence-corrected chi connectivity index (χ1v) is 13.3. The van der Waals surface area contributed by atoms with E-state index in [1.807, 2.05) is 6.07 Å². The molecule has 0 radical (unpaired) electrons. The number of nitriles is 1. The second-order valence-corrected chi connectivity index (χ2v) is 11.6. The van der Waals surface area contributed by atoms with E-state index >= 15 is 0 Å². The molecule has 2 heterocycles. The van der Waals surface area contributed by atoms with E-state index in [4.69, 9.17) is 17.3 Å². The lowest BCUT2D eigenvalue weighted by Crippen LogP contribution is -2.51. The maximum Gasteiger partial charge on any atom is 0.244 e. The summed E-state index contributed by atoms with van der Waals surface area (Å²) < 4.78 is 13.9. The van der Waals surface area contributed by atoms with Gasteiger partial charge in [-0.1, -0.05) is 51.1 Å². The van der Waals surface area contributed by atoms with E-state index in [1.165, 1.54) is 18.3 Å². The van der Waals surface area contributed by atoms with Crippen LogP contribution >= 0.6 is 11.6 Å². The largest absolute Gasteiger partial charge is 0.383 e. The minimum Gasteiger partial charge on any atom is -0.383 e. The van der Waals surface area contributed by atoms with Crippen molar-refractivity contribution in [3.63, 3.8) is 0 Å². The fourth-order valence-electron chi connectivity index (χ4n) is 4.32. The fraction of sp³-hybridized carbons (Fsp3) is 0.345. The lowest BCUT2D eigenvalue weighted by Gasteiger charge is -2.23. The zero-order valence-electron chi connectivity index (χ0n) is 23.0. The van der Waals surface area contributed by atoms with Gasteiger partial charge in [-0.15, -0.1) is 5.53 Å². The number of allylic oxidation sites excluding steroid dienone is 3. The van der Waals surface area contributed by atoms with E-state index in [0.29, 0.717) is 63.5 Å². The molecule has 1 atom stereocenters. The molecule has 40 heavy (non-hydrogen) atoms. The van der Waals surface area contributed by atoms with Crippen LogP contribution in [0.2, 0.25) is 5.02 Å². The number of hydrogen-bond acceptors (Lipinski definition) is 8. The summed E-state index contributed by atoms with van der Waals surface area (Å²) in [6.07, 6.45) is 8.78. The van der Waals surface area contributed by atoms with Crippen molar-refractivity contribution < 1.29 is 9.18 Å². The summed E-state index contributed by atoms with van der Waals surface area (Å²) in [5.74, 6) is -0.827. The van der Waals surface area contributed by atoms with E-state index < -0.39 is 23.3 Å². The van der Waals surface area contributed by atoms with Crippen molar-refractivity contribution in [1.29, 1.82) is 5.26 Å². The topological polar surface area (TPSA) is 131 Å². The SMILES string of the molecule is C=C(/C=C\C(F)=C/C)[C@H](Nc1cc(Cl)c2ncc(C#N)c(NCC(C)(C)C)c2c1)C1=CN(C2(C(N)=O)CC2)NN1. The van der Waals surface area contributed by atoms with Crippen LogP contribution in [0.5, 0.6) is 0 Å². The Morgan fingerprint density at radius 3 is 2.73 bits per heavy atom. The highest BCUT2D eigenvalue weighted by Gasteiger charge is 2.54. The first kappa shape index (κ1) is 28.9. The van der Waals surface area contributed by atoms with Crippen LogP contribution in [0.1, 0.15) is 46.1 Å². The van der Waals surface area contributed by atoms with Crippen molar-refractivity contribution in [1.82, 2.24) is 21.0 Å². The maximum atomic E-state index is 13.9. The standard InChI is InChI=1S/C29H34ClFN8O/c1-6-19(31)8-7-17(2)24(23-15-39(38-37-23)29(9-10-29)27(33)40)36-20-11-21-25(35-16-28(3,4)5)18(13-32)14-34-26(21)22(30)12-20/h6-8,11-12,14-15,24,36-38H,2,9-10,16H2,1,3-5H3,(H2,33,40)(H,34,35)/b8-7-,19-6+/t24-/m0/s1. The van der Waals surface area contributed by atoms with Crippen molar-refractivity contribution in [2.45, 2.75) is 52.1 Å². The Hall–Kier alpha value is -4.07. The number of primary amides is 1. The number of nitrogens with one attached hydrogen (secondary N) is 4. The number of fused-ring (bicyclic) bond motifs is 1. The Morgan fingerprint density at radius 1 is 1.40 bits per heavy atom. The summed E-state index contributed by atoms with van der Waals surface area (Å²) in [7, 11) is 0. The number of benzene rings is 1. The molecule has 1 aromatic carbocycles. The van der Waals surface area contributed by atoms with Crippen molar-refractivity contribution in [2.24, 2.45) is 11.1 Å². The molecular formula is C29H34ClFN8O. The molecule has 0 saturated heterocycles. The maximum absolute atomic E-state index is 13.9. The van der Waals surface area contributed by atoms with Gasteiger partial charge in [-0.3, -0.25) is 14.8 Å². The number of pyridine rings is 1. The molecule has 1 fully saturated rings. The summed E-state index contributed by atoms with van der Waals surface area (Å²) >= 11 is 6.68. The summed E-state index contributed by atoms with van der Waals surface area (Å²) in [5, 5.41) is 19.3. The minimum absolute atomic E-state index is 0.0390. The number of carbonyl (C=O) groups is 1. The molecule has 1 saturated carbocycles. The Labute approximate surface area is 238 Å². The highest BCUT2D eigenvalue weighted by Crippen LogP contribution is 2.42. The van der Waals surface area contributed by atoms with Crippen LogP contribution < -0.4 is 27.3 Å². The van der Waals surface area contributed by atoms with E-state index in [1.54, 1.807) is 30.3 Å². The van der Waals surface area contributed by atoms with Gasteiger partial charge in [0.15, 0.2) is 0 Å². The molecule has 6 N–H and O–H groups in total. The smallest absolute Gasteiger partial charge is 0.244 e. The number of aromatic nitrogens is 1. The van der Waals surface area contributed by atoms with Gasteiger partial charge in [0.1, 0.15) is 17.4 Å². The number of anilines is 2. The van der Waals surface area contributed by atoms with Crippen molar-refractivity contribution in [3.8, 4) is 6.07 Å². The highest BCUT2D eigenvalue weighted by atomic mass is 35.5. The summed E-state index contributed by atoms with van der Waals surface area (Å²) in [5.41, 5.74) is 14.3. The fourth-order valence-corrected chi connectivity index (χ4v) is 4.59. The van der Waals surface area contributed by atoms with Crippen molar-refractivity contribution in [2.75, 3.05) is 17.2 Å². The normalized spacial score (nSPS) is 17.3. The van der Waals surface area contributed by atoms with Gasteiger partial charge in [-0.05, 0) is 49.0 Å². The van der Waals surface area contributed by atoms with Gasteiger partial charge in [-0.2, -0.15) is 5.26 Å². The lowest BCUT2D eigenvalue weighted by molar-refractivity contribution is -0.124. The predicted molar refractivity (Wildman–Crippen MR) is 157 cm³/mol. The van der Waals surface area contributed by atoms with E-state index in [9.17, 15) is 14.4 Å². The zero-order valence-corrected chi connectivity index (χ0v) is 23.8. The Morgan fingerprint density at radius 2 is 2.12 bits per heavy atom. The molecule has 4 rings (SSSR count). The van der Waals surface area contributed by atoms with Crippen LogP contribution in [0.4, 0.5) is 15.8 Å². The van der Waals surface area contributed by atoms with Gasteiger partial charge in [0.25, 0.3) is 0 Å². The predicted octanol–water partition coefficient (Wildman–Crippen LogP) is 5.17. The molecular weight excluding hydrogens is 531 g/mol. The molecule has 0 spiro atoms. The van der Waals surface area contributed by atoms with E-state index in [-0.39, 0.29) is 5.41 Å². The van der Waals surface area contributed by atoms with E-state index in [2.05, 4.69) is 60.0 Å². The molecule has 2 aromatic rings. The van der Waals surface area contributed by atoms with Crippen LogP contribution in [-0.2, 0) is 4.79 Å². The monoisotopic (exact) mass is 564 g/mol. The quantitative estimate of drug-likeness (QED) is 0.250. The first-order chi connectivity index (χ1) is 18.9. The zero-order chi connectivity index (χ0) is 29.2. The third-order valence-corrected chi connectivity index (χ3v) is 7.09. The van der Waals surface area contributed by atoms with Crippen molar-refractivity contribution >= 4 is 39.8 Å². The molecule has 1 aliphatic carbocycles. The highest BCUT2D eigenvalue weighted by molar-refractivity contribution is 6.35. The number of rotatable bonds is 10. The number of amides is 1. The minimum atomic E-state index is -0.799. The summed E-state index contributed by atoms with van der Waals surface area (Å²) in [6, 6.07) is 5.23. The number of hydrogen-bond donors (Lipinski definition) is 5. The van der Waals surface area contributed by atoms with Crippen LogP contribution in [0, 0.1) is 16.7 Å². The average molecular weight is 565 g/mol. The lowest BCUT2D eigenvalue weighted by atomic mass is 9.96. The molecule has 0 unspecified atom stereocenters. The molecule has 1 amide bonds. The number of carbonyl (C=O) groups excluding carboxylic acids is 1. The molecule has 1 aliphatic heterocycles. The Kier molecular flexibility index (Phi) is 8.10. The Balaban J connectivity index is 1.75. The second kappa shape index (κ2) is 11.2. The van der Waals surface area contributed by atoms with Gasteiger partial charge in [0.05, 0.1) is 33.5 Å². The van der Waals surface area contributed by atoms with Crippen LogP contribution in [0.15, 0.2) is 66.4 Å². The number of hydrazine groups is 2. The number of nitrogens with two attached hydrogens (primary N) is 1. The second-order valence-electron chi connectivity index (χ2n) is 11.2. The van der Waals surface area contributed by atoms with Gasteiger partial charge in [0, 0.05) is 30.0 Å².